The molecular weight excluding hydrogens is 242 g/mol. The van der Waals surface area contributed by atoms with E-state index in [0.29, 0.717) is 5.92 Å². The largest absolute Gasteiger partial charge is 0.242 e. The molecule has 0 N–H and O–H groups in total. The highest BCUT2D eigenvalue weighted by molar-refractivity contribution is 5.50. The van der Waals surface area contributed by atoms with Crippen molar-refractivity contribution in [3.05, 3.63) is 36.0 Å². The predicted octanol–water partition coefficient (Wildman–Crippen LogP) is 5.38. The normalized spacial score (nSPS) is 15.4. The lowest BCUT2D eigenvalue weighted by molar-refractivity contribution is -0.499. The standard InChI is InChI=1S/C19H34N/c1-6-9-10-11-12-13-14-15-18(4)19(8-3)17-20(5)16-7-2/h11-16,19H,6-10,17H2,1-5H3/q+1/b12-11+,14-13+,18-15+,20-16?. The quantitative estimate of drug-likeness (QED) is 0.218. The summed E-state index contributed by atoms with van der Waals surface area (Å²) in [5, 5.41) is 0. The summed E-state index contributed by atoms with van der Waals surface area (Å²) in [6.07, 6.45) is 19.3. The molecule has 0 aromatic heterocycles. The number of unbranched alkanes of at least 4 members (excludes halogenated alkanes) is 2. The summed E-state index contributed by atoms with van der Waals surface area (Å²) >= 11 is 0. The fourth-order valence-corrected chi connectivity index (χ4v) is 2.23. The van der Waals surface area contributed by atoms with Crippen molar-refractivity contribution < 1.29 is 4.58 Å². The number of hydrogen-bond acceptors (Lipinski definition) is 0. The molecular formula is C19H34N+. The Morgan fingerprint density at radius 2 is 1.85 bits per heavy atom. The summed E-state index contributed by atoms with van der Waals surface area (Å²) in [5.74, 6) is 0.650. The number of nitrogens with zero attached hydrogens (tertiary/aromatic N) is 1. The maximum atomic E-state index is 2.32. The van der Waals surface area contributed by atoms with Crippen LogP contribution in [0.25, 0.3) is 0 Å². The second-order valence-electron chi connectivity index (χ2n) is 5.50. The molecule has 20 heavy (non-hydrogen) atoms. The number of rotatable bonds is 10. The van der Waals surface area contributed by atoms with Crippen molar-refractivity contribution in [1.29, 1.82) is 0 Å². The molecule has 0 rings (SSSR count). The third-order valence-electron chi connectivity index (χ3n) is 3.58. The van der Waals surface area contributed by atoms with E-state index in [0.717, 1.165) is 13.0 Å². The fraction of sp³-hybridized carbons (Fsp3) is 0.632. The molecule has 0 saturated heterocycles. The molecule has 1 heteroatoms. The van der Waals surface area contributed by atoms with Gasteiger partial charge in [0.1, 0.15) is 19.8 Å². The van der Waals surface area contributed by atoms with Crippen LogP contribution in [0.15, 0.2) is 36.0 Å². The topological polar surface area (TPSA) is 3.01 Å². The molecule has 0 radical (unpaired) electrons. The van der Waals surface area contributed by atoms with Crippen LogP contribution in [0.2, 0.25) is 0 Å². The Labute approximate surface area is 126 Å². The maximum absolute atomic E-state index is 2.32. The summed E-state index contributed by atoms with van der Waals surface area (Å²) in [4.78, 5) is 0. The van der Waals surface area contributed by atoms with E-state index in [-0.39, 0.29) is 0 Å². The Morgan fingerprint density at radius 3 is 2.45 bits per heavy atom. The third kappa shape index (κ3) is 9.77. The minimum absolute atomic E-state index is 0.650. The zero-order valence-corrected chi connectivity index (χ0v) is 14.2. The van der Waals surface area contributed by atoms with Crippen LogP contribution in [-0.4, -0.2) is 24.4 Å². The second kappa shape index (κ2) is 12.9. The Balaban J connectivity index is 4.34. The zero-order chi connectivity index (χ0) is 15.2. The molecule has 1 atom stereocenters. The zero-order valence-electron chi connectivity index (χ0n) is 14.2. The van der Waals surface area contributed by atoms with Crippen LogP contribution in [0, 0.1) is 5.92 Å². The van der Waals surface area contributed by atoms with Crippen molar-refractivity contribution in [2.45, 2.75) is 59.8 Å². The SMILES string of the molecule is CCC=[N+](C)CC(CC)/C(C)=C/C=C/C=C/CCCC. The van der Waals surface area contributed by atoms with Crippen LogP contribution in [-0.2, 0) is 0 Å². The smallest absolute Gasteiger partial charge is 0.148 e. The van der Waals surface area contributed by atoms with E-state index in [1.807, 2.05) is 0 Å². The van der Waals surface area contributed by atoms with Crippen molar-refractivity contribution in [3.63, 3.8) is 0 Å². The van der Waals surface area contributed by atoms with Gasteiger partial charge in [-0.05, 0) is 19.8 Å². The van der Waals surface area contributed by atoms with Crippen molar-refractivity contribution in [1.82, 2.24) is 0 Å². The van der Waals surface area contributed by atoms with Crippen molar-refractivity contribution in [2.75, 3.05) is 13.6 Å². The lowest BCUT2D eigenvalue weighted by Gasteiger charge is -2.12. The van der Waals surface area contributed by atoms with Gasteiger partial charge in [-0.1, -0.05) is 69.6 Å². The molecule has 0 bridgehead atoms. The molecule has 0 aliphatic heterocycles. The van der Waals surface area contributed by atoms with E-state index in [9.17, 15) is 0 Å². The van der Waals surface area contributed by atoms with Gasteiger partial charge in [0.15, 0.2) is 0 Å². The van der Waals surface area contributed by atoms with Crippen LogP contribution in [0.3, 0.4) is 0 Å². The third-order valence-corrected chi connectivity index (χ3v) is 3.58. The van der Waals surface area contributed by atoms with Gasteiger partial charge in [-0.25, -0.2) is 4.58 Å². The highest BCUT2D eigenvalue weighted by atomic mass is 15.0. The van der Waals surface area contributed by atoms with E-state index in [1.54, 1.807) is 0 Å². The van der Waals surface area contributed by atoms with E-state index in [4.69, 9.17) is 0 Å². The van der Waals surface area contributed by atoms with Crippen LogP contribution in [0.4, 0.5) is 0 Å². The molecule has 114 valence electrons. The Hall–Kier alpha value is -1.11. The molecule has 0 amide bonds. The van der Waals surface area contributed by atoms with Gasteiger partial charge in [-0.15, -0.1) is 0 Å². The molecule has 0 aromatic carbocycles. The predicted molar refractivity (Wildman–Crippen MR) is 92.7 cm³/mol. The lowest BCUT2D eigenvalue weighted by Crippen LogP contribution is -2.18. The lowest BCUT2D eigenvalue weighted by atomic mass is 9.97. The van der Waals surface area contributed by atoms with Crippen LogP contribution in [0.1, 0.15) is 59.8 Å². The van der Waals surface area contributed by atoms with Gasteiger partial charge in [0.2, 0.25) is 0 Å². The Morgan fingerprint density at radius 1 is 1.10 bits per heavy atom. The second-order valence-corrected chi connectivity index (χ2v) is 5.50. The monoisotopic (exact) mass is 276 g/mol. The Bertz CT molecular complexity index is 345. The van der Waals surface area contributed by atoms with Crippen LogP contribution >= 0.6 is 0 Å². The van der Waals surface area contributed by atoms with Crippen molar-refractivity contribution in [2.24, 2.45) is 5.92 Å². The van der Waals surface area contributed by atoms with E-state index in [2.05, 4.69) is 75.9 Å². The van der Waals surface area contributed by atoms with E-state index < -0.39 is 0 Å². The van der Waals surface area contributed by atoms with Crippen molar-refractivity contribution in [3.8, 4) is 0 Å². The molecule has 1 nitrogen and oxygen atoms in total. The van der Waals surface area contributed by atoms with E-state index in [1.165, 1.54) is 31.3 Å². The van der Waals surface area contributed by atoms with Gasteiger partial charge in [-0.2, -0.15) is 0 Å². The molecule has 0 aliphatic rings. The molecule has 0 fully saturated rings. The first-order valence-electron chi connectivity index (χ1n) is 8.19. The Kier molecular flexibility index (Phi) is 12.2. The average molecular weight is 276 g/mol. The molecule has 0 spiro atoms. The fourth-order valence-electron chi connectivity index (χ4n) is 2.23. The average Bonchev–Trinajstić information content (AvgIpc) is 2.43. The minimum Gasteiger partial charge on any atom is -0.242 e. The summed E-state index contributed by atoms with van der Waals surface area (Å²) in [5.41, 5.74) is 1.47. The van der Waals surface area contributed by atoms with Crippen LogP contribution in [0.5, 0.6) is 0 Å². The van der Waals surface area contributed by atoms with Gasteiger partial charge < -0.3 is 0 Å². The molecule has 0 aliphatic carbocycles. The van der Waals surface area contributed by atoms with Crippen molar-refractivity contribution >= 4 is 6.21 Å². The van der Waals surface area contributed by atoms with Gasteiger partial charge in [0.05, 0.1) is 0 Å². The summed E-state index contributed by atoms with van der Waals surface area (Å²) in [7, 11) is 2.17. The summed E-state index contributed by atoms with van der Waals surface area (Å²) < 4.78 is 2.32. The van der Waals surface area contributed by atoms with Crippen LogP contribution < -0.4 is 0 Å². The highest BCUT2D eigenvalue weighted by Gasteiger charge is 2.12. The summed E-state index contributed by atoms with van der Waals surface area (Å²) in [6.45, 7) is 10.1. The minimum atomic E-state index is 0.650. The first kappa shape index (κ1) is 18.9. The van der Waals surface area contributed by atoms with Gasteiger partial charge in [0.25, 0.3) is 0 Å². The summed E-state index contributed by atoms with van der Waals surface area (Å²) in [6, 6.07) is 0. The van der Waals surface area contributed by atoms with E-state index >= 15 is 0 Å². The first-order chi connectivity index (χ1) is 9.65. The van der Waals surface area contributed by atoms with Gasteiger partial charge in [-0.3, -0.25) is 0 Å². The molecule has 0 heterocycles. The van der Waals surface area contributed by atoms with Gasteiger partial charge in [0, 0.05) is 12.3 Å². The number of allylic oxidation sites excluding steroid dienone is 5. The molecule has 0 saturated carbocycles. The first-order valence-corrected chi connectivity index (χ1v) is 8.19. The number of hydrogen-bond donors (Lipinski definition) is 0. The highest BCUT2D eigenvalue weighted by Crippen LogP contribution is 2.14. The molecule has 0 aromatic rings. The molecule has 1 unspecified atom stereocenters. The van der Waals surface area contributed by atoms with Gasteiger partial charge >= 0.3 is 0 Å². The maximum Gasteiger partial charge on any atom is 0.148 e.